The monoisotopic (exact) mass is 721 g/mol. The van der Waals surface area contributed by atoms with Gasteiger partial charge in [-0.1, -0.05) is 65.7 Å². The van der Waals surface area contributed by atoms with Crippen LogP contribution in [0.25, 0.3) is 55.9 Å². The first-order valence-electron chi connectivity index (χ1n) is 13.6. The molecule has 0 N–H and O–H groups in total. The van der Waals surface area contributed by atoms with Crippen LogP contribution in [0.4, 0.5) is 0 Å². The van der Waals surface area contributed by atoms with Crippen LogP contribution in [0.5, 0.6) is 0 Å². The number of hydrogen-bond acceptors (Lipinski definition) is 3. The first kappa shape index (κ1) is 28.9. The van der Waals surface area contributed by atoms with Crippen molar-refractivity contribution in [1.82, 2.24) is 9.97 Å². The van der Waals surface area contributed by atoms with Gasteiger partial charge >= 0.3 is 0 Å². The van der Waals surface area contributed by atoms with Crippen LogP contribution in [-0.2, 0) is 20.1 Å². The Hall–Kier alpha value is -4.63. The van der Waals surface area contributed by atoms with Gasteiger partial charge in [0.1, 0.15) is 11.3 Å². The molecule has 0 aliphatic carbocycles. The number of rotatable bonds is 4. The molecule has 3 nitrogen and oxygen atoms in total. The summed E-state index contributed by atoms with van der Waals surface area (Å²) in [4.78, 5) is 8.79. The van der Waals surface area contributed by atoms with Crippen molar-refractivity contribution in [2.75, 3.05) is 0 Å². The molecule has 4 heteroatoms. The van der Waals surface area contributed by atoms with Gasteiger partial charge in [-0.2, -0.15) is 0 Å². The first-order valence-corrected chi connectivity index (χ1v) is 13.6. The summed E-state index contributed by atoms with van der Waals surface area (Å²) in [7, 11) is 0. The number of nitrogens with zero attached hydrogens (tertiary/aromatic N) is 2. The third kappa shape index (κ3) is 6.80. The summed E-state index contributed by atoms with van der Waals surface area (Å²) >= 11 is 0. The van der Waals surface area contributed by atoms with E-state index in [1.54, 1.807) is 0 Å². The second-order valence-corrected chi connectivity index (χ2v) is 9.94. The zero-order valence-corrected chi connectivity index (χ0v) is 25.7. The summed E-state index contributed by atoms with van der Waals surface area (Å²) < 4.78 is 6.13. The Balaban J connectivity index is 0.000000212. The molecule has 3 aromatic heterocycles. The van der Waals surface area contributed by atoms with Gasteiger partial charge in [-0.05, 0) is 66.2 Å². The summed E-state index contributed by atoms with van der Waals surface area (Å²) in [5.41, 5.74) is 10.6. The summed E-state index contributed by atoms with van der Waals surface area (Å²) in [5, 5.41) is 1.10. The topological polar surface area (TPSA) is 38.9 Å². The van der Waals surface area contributed by atoms with E-state index in [0.717, 1.165) is 44.8 Å². The molecular formula is C38H28IrN2O-2. The van der Waals surface area contributed by atoms with Gasteiger partial charge in [-0.15, -0.1) is 65.7 Å². The Kier molecular flexibility index (Phi) is 9.18. The van der Waals surface area contributed by atoms with E-state index in [0.29, 0.717) is 0 Å². The first-order chi connectivity index (χ1) is 20.1. The van der Waals surface area contributed by atoms with Crippen LogP contribution in [-0.4, -0.2) is 9.97 Å². The standard InChI is InChI=1S/C26H18NO.C12H10N.Ir/c1-18-12-13-27-24(14-18)21-8-5-9-22(16-21)26-17-23-15-20(10-11-25(23)28-26)19-6-3-2-4-7-19;1-10-7-8-12(13-9-10)11-5-3-2-4-6-11;/h2-7,9-17H,1H3;2-5,7-9H,1H3;/q2*-1;. The second-order valence-electron chi connectivity index (χ2n) is 9.94. The maximum atomic E-state index is 6.13. The molecule has 7 rings (SSSR count). The van der Waals surface area contributed by atoms with E-state index in [4.69, 9.17) is 4.42 Å². The minimum Gasteiger partial charge on any atom is -0.458 e. The van der Waals surface area contributed by atoms with Gasteiger partial charge in [0.25, 0.3) is 0 Å². The molecule has 7 aromatic rings. The predicted octanol–water partition coefficient (Wildman–Crippen LogP) is 9.79. The van der Waals surface area contributed by atoms with Crippen molar-refractivity contribution in [3.63, 3.8) is 0 Å². The molecule has 207 valence electrons. The molecule has 0 atom stereocenters. The van der Waals surface area contributed by atoms with Crippen molar-refractivity contribution in [3.8, 4) is 45.0 Å². The van der Waals surface area contributed by atoms with Gasteiger partial charge in [0.05, 0.1) is 0 Å². The fraction of sp³-hybridized carbons (Fsp3) is 0.0526. The Labute approximate surface area is 260 Å². The quantitative estimate of drug-likeness (QED) is 0.170. The Morgan fingerprint density at radius 1 is 0.571 bits per heavy atom. The van der Waals surface area contributed by atoms with Crippen LogP contribution < -0.4 is 0 Å². The molecule has 0 aliphatic rings. The van der Waals surface area contributed by atoms with Crippen molar-refractivity contribution >= 4 is 11.0 Å². The van der Waals surface area contributed by atoms with Crippen molar-refractivity contribution in [1.29, 1.82) is 0 Å². The van der Waals surface area contributed by atoms with Gasteiger partial charge in [-0.25, -0.2) is 0 Å². The summed E-state index contributed by atoms with van der Waals surface area (Å²) in [5.74, 6) is 0.850. The molecule has 0 bridgehead atoms. The molecule has 4 aromatic carbocycles. The Morgan fingerprint density at radius 3 is 2.17 bits per heavy atom. The minimum atomic E-state index is 0. The zero-order valence-electron chi connectivity index (χ0n) is 23.3. The van der Waals surface area contributed by atoms with Crippen molar-refractivity contribution in [2.24, 2.45) is 0 Å². The number of aromatic nitrogens is 2. The minimum absolute atomic E-state index is 0. The molecule has 0 fully saturated rings. The Morgan fingerprint density at radius 2 is 1.40 bits per heavy atom. The normalized spacial score (nSPS) is 10.4. The maximum Gasteiger partial charge on any atom is 0.134 e. The maximum absolute atomic E-state index is 6.13. The van der Waals surface area contributed by atoms with Gasteiger partial charge < -0.3 is 14.4 Å². The fourth-order valence-electron chi connectivity index (χ4n) is 4.63. The largest absolute Gasteiger partial charge is 0.458 e. The van der Waals surface area contributed by atoms with Gasteiger partial charge in [0.2, 0.25) is 0 Å². The molecule has 0 saturated heterocycles. The molecule has 3 heterocycles. The number of hydrogen-bond donors (Lipinski definition) is 0. The van der Waals surface area contributed by atoms with Crippen LogP contribution in [0.15, 0.2) is 138 Å². The van der Waals surface area contributed by atoms with Crippen molar-refractivity contribution in [2.45, 2.75) is 13.8 Å². The second kappa shape index (κ2) is 13.4. The summed E-state index contributed by atoms with van der Waals surface area (Å²) in [6, 6.07) is 47.3. The van der Waals surface area contributed by atoms with E-state index in [1.165, 1.54) is 22.3 Å². The van der Waals surface area contributed by atoms with Crippen LogP contribution >= 0.6 is 0 Å². The van der Waals surface area contributed by atoms with Crippen LogP contribution in [0.1, 0.15) is 11.1 Å². The molecule has 0 aliphatic heterocycles. The molecule has 0 saturated carbocycles. The number of benzene rings is 4. The summed E-state index contributed by atoms with van der Waals surface area (Å²) in [6.45, 7) is 4.10. The molecular weight excluding hydrogens is 693 g/mol. The SMILES string of the molecule is Cc1ccc(-c2[c-]cccc2)nc1.Cc1ccnc(-c2[c-]ccc(-c3cc4cc(-c5ccccc5)ccc4o3)c2)c1.[Ir]. The molecule has 0 spiro atoms. The van der Waals surface area contributed by atoms with Crippen LogP contribution in [0, 0.1) is 26.0 Å². The van der Waals surface area contributed by atoms with E-state index < -0.39 is 0 Å². The van der Waals surface area contributed by atoms with Crippen LogP contribution in [0.2, 0.25) is 0 Å². The van der Waals surface area contributed by atoms with E-state index >= 15 is 0 Å². The number of fused-ring (bicyclic) bond motifs is 1. The van der Waals surface area contributed by atoms with E-state index in [9.17, 15) is 0 Å². The zero-order chi connectivity index (χ0) is 28.0. The third-order valence-electron chi connectivity index (χ3n) is 6.80. The third-order valence-corrected chi connectivity index (χ3v) is 6.80. The number of aryl methyl sites for hydroxylation is 2. The predicted molar refractivity (Wildman–Crippen MR) is 167 cm³/mol. The number of pyridine rings is 2. The van der Waals surface area contributed by atoms with Crippen LogP contribution in [0.3, 0.4) is 0 Å². The van der Waals surface area contributed by atoms with Gasteiger partial charge in [0.15, 0.2) is 0 Å². The van der Waals surface area contributed by atoms with Crippen molar-refractivity contribution < 1.29 is 24.5 Å². The molecule has 42 heavy (non-hydrogen) atoms. The number of furan rings is 1. The molecule has 1 radical (unpaired) electrons. The smallest absolute Gasteiger partial charge is 0.134 e. The van der Waals surface area contributed by atoms with E-state index in [1.807, 2.05) is 80.0 Å². The average Bonchev–Trinajstić information content (AvgIpc) is 3.47. The van der Waals surface area contributed by atoms with Gasteiger partial charge in [-0.3, -0.25) is 0 Å². The molecule has 0 unspecified atom stereocenters. The van der Waals surface area contributed by atoms with Gasteiger partial charge in [0, 0.05) is 37.9 Å². The summed E-state index contributed by atoms with van der Waals surface area (Å²) in [6.07, 6.45) is 3.70. The van der Waals surface area contributed by atoms with Crippen molar-refractivity contribution in [3.05, 3.63) is 157 Å². The fourth-order valence-corrected chi connectivity index (χ4v) is 4.63. The molecule has 0 amide bonds. The average molecular weight is 721 g/mol. The Bertz CT molecular complexity index is 1900. The van der Waals surface area contributed by atoms with E-state index in [2.05, 4.69) is 89.7 Å². The van der Waals surface area contributed by atoms with E-state index in [-0.39, 0.29) is 20.1 Å².